The molecule has 1 aromatic heterocycles. The zero-order chi connectivity index (χ0) is 20.0. The molecule has 0 saturated carbocycles. The number of non-ortho nitro benzene ring substituents is 1. The molecule has 0 amide bonds. The van der Waals surface area contributed by atoms with Gasteiger partial charge in [-0.2, -0.15) is 0 Å². The average molecular weight is 373 g/mol. The molecular weight excluding hydrogens is 353 g/mol. The van der Waals surface area contributed by atoms with Crippen molar-refractivity contribution in [1.29, 1.82) is 0 Å². The number of aromatic nitrogens is 2. The maximum absolute atomic E-state index is 14.0. The van der Waals surface area contributed by atoms with Crippen molar-refractivity contribution in [3.63, 3.8) is 0 Å². The van der Waals surface area contributed by atoms with E-state index < -0.39 is 10.7 Å². The minimum absolute atomic E-state index is 0.127. The highest BCUT2D eigenvalue weighted by Crippen LogP contribution is 2.18. The average Bonchev–Trinajstić information content (AvgIpc) is 2.69. The molecule has 0 unspecified atom stereocenters. The van der Waals surface area contributed by atoms with Crippen LogP contribution in [-0.2, 0) is 13.0 Å². The lowest BCUT2D eigenvalue weighted by Gasteiger charge is -2.08. The first kappa shape index (κ1) is 20.0. The van der Waals surface area contributed by atoms with E-state index in [9.17, 15) is 19.3 Å². The van der Waals surface area contributed by atoms with Crippen molar-refractivity contribution in [3.05, 3.63) is 74.6 Å². The molecule has 0 aliphatic carbocycles. The fourth-order valence-electron chi connectivity index (χ4n) is 2.52. The van der Waals surface area contributed by atoms with Gasteiger partial charge in [-0.25, -0.2) is 9.37 Å². The lowest BCUT2D eigenvalue weighted by molar-refractivity contribution is -0.384. The van der Waals surface area contributed by atoms with Crippen LogP contribution in [-0.4, -0.2) is 21.6 Å². The van der Waals surface area contributed by atoms with Gasteiger partial charge < -0.3 is 4.74 Å². The molecule has 0 spiro atoms. The Hall–Kier alpha value is -3.29. The van der Waals surface area contributed by atoms with E-state index in [1.165, 1.54) is 42.3 Å². The number of methoxy groups -OCH3 is 1. The van der Waals surface area contributed by atoms with Crippen LogP contribution in [0.15, 0.2) is 47.5 Å². The molecule has 0 bridgehead atoms. The molecule has 142 valence electrons. The predicted octanol–water partition coefficient (Wildman–Crippen LogP) is 3.72. The normalized spacial score (nSPS) is 10.2. The maximum atomic E-state index is 14.0. The highest BCUT2D eigenvalue weighted by atomic mass is 19.1. The molecule has 3 rings (SSSR count). The Morgan fingerprint density at radius 1 is 1.22 bits per heavy atom. The number of halogens is 1. The Bertz CT molecular complexity index is 1020. The summed E-state index contributed by atoms with van der Waals surface area (Å²) in [6.45, 7) is 4.24. The molecule has 0 saturated heterocycles. The number of fused-ring (bicyclic) bond motifs is 1. The summed E-state index contributed by atoms with van der Waals surface area (Å²) in [4.78, 5) is 26.8. The predicted molar refractivity (Wildman–Crippen MR) is 101 cm³/mol. The molecule has 27 heavy (non-hydrogen) atoms. The lowest BCUT2D eigenvalue weighted by atomic mass is 10.1. The Morgan fingerprint density at radius 3 is 2.59 bits per heavy atom. The Kier molecular flexibility index (Phi) is 6.59. The molecule has 0 fully saturated rings. The molecule has 1 heterocycles. The molecule has 0 aliphatic rings. The van der Waals surface area contributed by atoms with Gasteiger partial charge in [0.15, 0.2) is 0 Å². The van der Waals surface area contributed by atoms with E-state index >= 15 is 0 Å². The zero-order valence-corrected chi connectivity index (χ0v) is 15.3. The summed E-state index contributed by atoms with van der Waals surface area (Å²) >= 11 is 0. The van der Waals surface area contributed by atoms with E-state index in [0.29, 0.717) is 17.7 Å². The lowest BCUT2D eigenvalue weighted by Crippen LogP contribution is -2.21. The smallest absolute Gasteiger partial charge is 0.271 e. The van der Waals surface area contributed by atoms with Crippen LogP contribution < -0.4 is 10.3 Å². The molecule has 0 N–H and O–H groups in total. The molecule has 0 atom stereocenters. The van der Waals surface area contributed by atoms with Crippen molar-refractivity contribution < 1.29 is 14.1 Å². The van der Waals surface area contributed by atoms with Crippen LogP contribution in [0.3, 0.4) is 0 Å². The largest absolute Gasteiger partial charge is 0.497 e. The van der Waals surface area contributed by atoms with Gasteiger partial charge in [-0.05, 0) is 24.1 Å². The molecule has 0 radical (unpaired) electrons. The number of nitro groups is 1. The van der Waals surface area contributed by atoms with Crippen molar-refractivity contribution in [2.45, 2.75) is 26.8 Å². The van der Waals surface area contributed by atoms with Crippen molar-refractivity contribution in [3.8, 4) is 5.75 Å². The number of hydrogen-bond donors (Lipinski definition) is 0. The number of rotatable bonds is 5. The molecule has 7 nitrogen and oxygen atoms in total. The number of ether oxygens (including phenoxy) is 1. The van der Waals surface area contributed by atoms with Crippen molar-refractivity contribution in [2.24, 2.45) is 0 Å². The van der Waals surface area contributed by atoms with Gasteiger partial charge in [0.25, 0.3) is 11.2 Å². The van der Waals surface area contributed by atoms with Crippen LogP contribution in [0.25, 0.3) is 10.9 Å². The van der Waals surface area contributed by atoms with Gasteiger partial charge >= 0.3 is 0 Å². The summed E-state index contributed by atoms with van der Waals surface area (Å²) in [6, 6.07) is 8.45. The van der Waals surface area contributed by atoms with Gasteiger partial charge in [-0.1, -0.05) is 19.9 Å². The minimum atomic E-state index is -0.543. The van der Waals surface area contributed by atoms with Gasteiger partial charge in [0.05, 0.1) is 29.3 Å². The van der Waals surface area contributed by atoms with Crippen molar-refractivity contribution >= 4 is 16.6 Å². The molecule has 3 aromatic rings. The summed E-state index contributed by atoms with van der Waals surface area (Å²) in [5, 5.41) is 11.1. The van der Waals surface area contributed by atoms with Crippen molar-refractivity contribution in [2.75, 3.05) is 7.11 Å². The fraction of sp³-hybridized carbons (Fsp3) is 0.263. The second-order valence-corrected chi connectivity index (χ2v) is 5.41. The van der Waals surface area contributed by atoms with E-state index in [2.05, 4.69) is 4.98 Å². The Balaban J connectivity index is 0.00000126. The van der Waals surface area contributed by atoms with E-state index in [-0.39, 0.29) is 28.7 Å². The first-order valence-electron chi connectivity index (χ1n) is 8.45. The maximum Gasteiger partial charge on any atom is 0.271 e. The number of nitrogens with zero attached hydrogens (tertiary/aromatic N) is 3. The van der Waals surface area contributed by atoms with Crippen LogP contribution in [0.4, 0.5) is 10.1 Å². The van der Waals surface area contributed by atoms with Crippen LogP contribution in [0, 0.1) is 15.9 Å². The van der Waals surface area contributed by atoms with Gasteiger partial charge in [0.1, 0.15) is 11.6 Å². The van der Waals surface area contributed by atoms with Gasteiger partial charge in [0, 0.05) is 24.7 Å². The topological polar surface area (TPSA) is 87.3 Å². The Morgan fingerprint density at radius 2 is 1.96 bits per heavy atom. The first-order valence-corrected chi connectivity index (χ1v) is 8.45. The molecule has 2 aromatic carbocycles. The number of aryl methyl sites for hydroxylation is 2. The molecular formula is C19H20FN3O4. The first-order chi connectivity index (χ1) is 13.0. The summed E-state index contributed by atoms with van der Waals surface area (Å²) in [5.74, 6) is 0.0177. The quantitative estimate of drug-likeness (QED) is 0.502. The molecule has 0 aliphatic heterocycles. The second-order valence-electron chi connectivity index (χ2n) is 5.41. The number of hydrogen-bond acceptors (Lipinski definition) is 5. The highest BCUT2D eigenvalue weighted by molar-refractivity contribution is 5.79. The van der Waals surface area contributed by atoms with E-state index in [1.807, 2.05) is 13.8 Å². The Labute approximate surface area is 155 Å². The summed E-state index contributed by atoms with van der Waals surface area (Å²) < 4.78 is 20.3. The van der Waals surface area contributed by atoms with Crippen LogP contribution >= 0.6 is 0 Å². The third-order valence-corrected chi connectivity index (χ3v) is 3.90. The number of benzene rings is 2. The van der Waals surface area contributed by atoms with E-state index in [0.717, 1.165) is 0 Å². The third kappa shape index (κ3) is 4.46. The second kappa shape index (κ2) is 8.88. The van der Waals surface area contributed by atoms with Crippen LogP contribution in [0.2, 0.25) is 0 Å². The summed E-state index contributed by atoms with van der Waals surface area (Å²) in [7, 11) is 1.46. The van der Waals surface area contributed by atoms with Gasteiger partial charge in [0.2, 0.25) is 0 Å². The summed E-state index contributed by atoms with van der Waals surface area (Å²) in [6.07, 6.45) is 1.62. The van der Waals surface area contributed by atoms with E-state index in [4.69, 9.17) is 4.74 Å². The molecule has 8 heteroatoms. The van der Waals surface area contributed by atoms with Gasteiger partial charge in [-0.15, -0.1) is 0 Å². The fourth-order valence-corrected chi connectivity index (χ4v) is 2.52. The van der Waals surface area contributed by atoms with Crippen LogP contribution in [0.1, 0.15) is 19.4 Å². The summed E-state index contributed by atoms with van der Waals surface area (Å²) in [5.41, 5.74) is 0.258. The third-order valence-electron chi connectivity index (χ3n) is 3.90. The van der Waals surface area contributed by atoms with Gasteiger partial charge in [-0.3, -0.25) is 19.5 Å². The van der Waals surface area contributed by atoms with E-state index in [1.54, 1.807) is 12.1 Å². The monoisotopic (exact) mass is 373 g/mol. The van der Waals surface area contributed by atoms with Crippen LogP contribution in [0.5, 0.6) is 5.75 Å². The number of nitro benzene ring substituents is 1. The van der Waals surface area contributed by atoms with Crippen molar-refractivity contribution in [1.82, 2.24) is 9.55 Å². The highest BCUT2D eigenvalue weighted by Gasteiger charge is 2.11. The zero-order valence-electron chi connectivity index (χ0n) is 15.3. The SMILES string of the molecule is CC.COc1ccc(CCn2cnc3cc([N+](=O)[O-])ccc3c2=O)c(F)c1. The standard InChI is InChI=1S/C17H14FN3O4.C2H6/c1-25-13-4-2-11(15(18)9-13)6-7-20-10-19-16-8-12(21(23)24)3-5-14(16)17(20)22;1-2/h2-5,8-10H,6-7H2,1H3;1-2H3. The minimum Gasteiger partial charge on any atom is -0.497 e.